The molecule has 23 heavy (non-hydrogen) atoms. The molecule has 0 aromatic heterocycles. The quantitative estimate of drug-likeness (QED) is 0.459. The van der Waals surface area contributed by atoms with Crippen LogP contribution in [0.2, 0.25) is 0 Å². The smallest absolute Gasteiger partial charge is 0.282 e. The summed E-state index contributed by atoms with van der Waals surface area (Å²) in [6.07, 6.45) is 20.3. The van der Waals surface area contributed by atoms with Gasteiger partial charge in [0.1, 0.15) is 0 Å². The van der Waals surface area contributed by atoms with Crippen molar-refractivity contribution in [1.82, 2.24) is 4.90 Å². The van der Waals surface area contributed by atoms with Gasteiger partial charge in [-0.2, -0.15) is 0 Å². The Kier molecular flexibility index (Phi) is 24.4. The van der Waals surface area contributed by atoms with Gasteiger partial charge in [0.25, 0.3) is 10.8 Å². The lowest BCUT2D eigenvalue weighted by molar-refractivity contribution is -1.63. The third-order valence-electron chi connectivity index (χ3n) is 3.96. The minimum atomic E-state index is -2.60. The number of unbranched alkanes of at least 4 members (excludes halogenated alkanes) is 13. The third kappa shape index (κ3) is 34.5. The maximum atomic E-state index is 8.52. The van der Waals surface area contributed by atoms with Crippen LogP contribution in [0.15, 0.2) is 0 Å². The molecular weight excluding hydrogens is 314 g/mol. The highest BCUT2D eigenvalue weighted by atomic mass is 35.6. The van der Waals surface area contributed by atoms with E-state index in [2.05, 4.69) is 25.9 Å². The normalized spacial score (nSPS) is 11.0. The molecule has 0 fully saturated rings. The largest absolute Gasteiger partial charge is 0.321 e. The van der Waals surface area contributed by atoms with E-state index in [1.54, 1.807) is 0 Å². The zero-order valence-electron chi connectivity index (χ0n) is 15.7. The van der Waals surface area contributed by atoms with Crippen molar-refractivity contribution in [2.75, 3.05) is 20.6 Å². The van der Waals surface area contributed by atoms with Crippen LogP contribution in [0.1, 0.15) is 96.8 Å². The van der Waals surface area contributed by atoms with Crippen LogP contribution in [0.3, 0.4) is 0 Å². The van der Waals surface area contributed by atoms with Crippen LogP contribution in [-0.2, 0) is 0 Å². The number of nitrogens with zero attached hydrogens (tertiary/aromatic N) is 1. The van der Waals surface area contributed by atoms with Crippen molar-refractivity contribution < 1.29 is 24.8 Å². The maximum absolute atomic E-state index is 8.52. The van der Waals surface area contributed by atoms with E-state index in [0.717, 1.165) is 0 Å². The highest BCUT2D eigenvalue weighted by Crippen LogP contribution is 2.12. The average molecular weight is 354 g/mol. The molecule has 0 saturated heterocycles. The molecule has 0 aromatic carbocycles. The second kappa shape index (κ2) is 22.1. The Morgan fingerprint density at radius 1 is 0.652 bits per heavy atom. The van der Waals surface area contributed by atoms with Crippen molar-refractivity contribution in [2.45, 2.75) is 96.8 Å². The summed E-state index contributed by atoms with van der Waals surface area (Å²) >= 11 is 0. The summed E-state index contributed by atoms with van der Waals surface area (Å²) in [5.74, 6) is 0. The molecule has 0 radical (unpaired) electrons. The van der Waals surface area contributed by atoms with Gasteiger partial charge in [-0.1, -0.05) is 90.4 Å². The van der Waals surface area contributed by atoms with Crippen molar-refractivity contribution in [1.29, 1.82) is 0 Å². The van der Waals surface area contributed by atoms with Crippen molar-refractivity contribution in [2.24, 2.45) is 0 Å². The molecule has 5 heteroatoms. The Hall–Kier alpha value is 0.130. The van der Waals surface area contributed by atoms with Crippen molar-refractivity contribution in [3.63, 3.8) is 0 Å². The molecule has 0 aliphatic heterocycles. The van der Waals surface area contributed by atoms with Gasteiger partial charge in [0.05, 0.1) is 0 Å². The molecule has 0 amide bonds. The van der Waals surface area contributed by atoms with E-state index in [1.807, 2.05) is 0 Å². The minimum absolute atomic E-state index is 1.26. The van der Waals surface area contributed by atoms with Gasteiger partial charge in [-0.05, 0) is 27.1 Å². The van der Waals surface area contributed by atoms with Gasteiger partial charge in [-0.25, -0.2) is 0 Å². The number of halogens is 1. The van der Waals surface area contributed by atoms with Gasteiger partial charge < -0.3 is 14.2 Å². The Morgan fingerprint density at radius 3 is 1.17 bits per heavy atom. The topological polar surface area (TPSA) is 69.6 Å². The van der Waals surface area contributed by atoms with E-state index < -0.39 is 10.8 Å². The number of hydrogen-bond donors (Lipinski definition) is 1. The maximum Gasteiger partial charge on any atom is 0.282 e. The monoisotopic (exact) mass is 353 g/mol. The van der Waals surface area contributed by atoms with E-state index in [9.17, 15) is 0 Å². The highest BCUT2D eigenvalue weighted by molar-refractivity contribution is 4.50. The molecule has 0 spiro atoms. The van der Waals surface area contributed by atoms with E-state index in [-0.39, 0.29) is 0 Å². The molecule has 4 nitrogen and oxygen atoms in total. The van der Waals surface area contributed by atoms with Crippen molar-refractivity contribution in [3.8, 4) is 0 Å². The van der Waals surface area contributed by atoms with Gasteiger partial charge in [0, 0.05) is 4.66 Å². The van der Waals surface area contributed by atoms with Gasteiger partial charge in [0.2, 0.25) is 0 Å². The summed E-state index contributed by atoms with van der Waals surface area (Å²) in [7, 11) is 1.74. The molecule has 0 rings (SSSR count). The first kappa shape index (κ1) is 25.4. The van der Waals surface area contributed by atoms with Crippen LogP contribution in [0, 0.1) is 10.8 Å². The first-order chi connectivity index (χ1) is 11.0. The fourth-order valence-corrected chi connectivity index (χ4v) is 2.62. The van der Waals surface area contributed by atoms with E-state index in [1.165, 1.54) is 96.4 Å². The van der Waals surface area contributed by atoms with Crippen LogP contribution < -0.4 is 9.32 Å². The van der Waals surface area contributed by atoms with E-state index in [4.69, 9.17) is 14.0 Å². The molecule has 0 atom stereocenters. The zero-order valence-corrected chi connectivity index (χ0v) is 16.5. The van der Waals surface area contributed by atoms with Crippen molar-refractivity contribution in [3.05, 3.63) is 0 Å². The first-order valence-electron chi connectivity index (χ1n) is 9.40. The summed E-state index contributed by atoms with van der Waals surface area (Å²) < 4.78 is 24.0. The Labute approximate surface area is 147 Å². The van der Waals surface area contributed by atoms with Crippen LogP contribution in [0.25, 0.3) is 0 Å². The summed E-state index contributed by atoms with van der Waals surface area (Å²) in [6, 6.07) is 0. The number of rotatable bonds is 15. The third-order valence-corrected chi connectivity index (χ3v) is 3.96. The molecule has 0 bridgehead atoms. The molecule has 142 valence electrons. The minimum Gasteiger partial charge on any atom is -0.321 e. The van der Waals surface area contributed by atoms with Crippen LogP contribution in [-0.4, -0.2) is 30.2 Å². The lowest BCUT2D eigenvalue weighted by Gasteiger charge is -2.08. The zero-order chi connectivity index (χ0) is 17.8. The van der Waals surface area contributed by atoms with Gasteiger partial charge in [0.15, 0.2) is 0 Å². The highest BCUT2D eigenvalue weighted by Gasteiger charge is 1.94. The molecule has 0 aliphatic carbocycles. The second-order valence-electron chi connectivity index (χ2n) is 6.60. The lowest BCUT2D eigenvalue weighted by Crippen LogP contribution is -2.30. The molecule has 0 saturated carbocycles. The molecule has 0 heterocycles. The summed E-state index contributed by atoms with van der Waals surface area (Å²) in [5, 5.41) is 0. The molecule has 0 unspecified atom stereocenters. The van der Waals surface area contributed by atoms with Gasteiger partial charge >= 0.3 is 0 Å². The Balaban J connectivity index is 0. The van der Waals surface area contributed by atoms with Crippen LogP contribution in [0.5, 0.6) is 0 Å². The Morgan fingerprint density at radius 2 is 0.913 bits per heavy atom. The predicted octanol–water partition coefficient (Wildman–Crippen LogP) is 3.09. The molecular formula is C18H40ClNO3. The average Bonchev–Trinajstić information content (AvgIpc) is 2.47. The fraction of sp³-hybridized carbons (Fsp3) is 1.00. The second-order valence-corrected chi connectivity index (χ2v) is 7.00. The van der Waals surface area contributed by atoms with Crippen molar-refractivity contribution >= 4 is 0 Å². The molecule has 0 aliphatic rings. The lowest BCUT2D eigenvalue weighted by atomic mass is 10.0. The summed E-state index contributed by atoms with van der Waals surface area (Å²) in [5.41, 5.74) is 0. The molecule has 0 aromatic rings. The van der Waals surface area contributed by atoms with Gasteiger partial charge in [-0.3, -0.25) is 0 Å². The van der Waals surface area contributed by atoms with E-state index in [0.29, 0.717) is 0 Å². The van der Waals surface area contributed by atoms with Gasteiger partial charge in [-0.15, -0.1) is 0 Å². The summed E-state index contributed by atoms with van der Waals surface area (Å²) in [6.45, 7) is 3.55. The SMILES string of the molecule is CCCCCCCCCCCCCCCCN(C)C.[O-][Cl+2]([O-])O. The Bertz CT molecular complexity index is 202. The summed E-state index contributed by atoms with van der Waals surface area (Å²) in [4.78, 5) is 2.29. The standard InChI is InChI=1S/C18H39N.ClHO3/c1-4-5-6-7-8-9-10-11-12-13-14-15-16-17-18-19(2)3;2-1(3)4/h4-18H2,1-3H3;2H. The predicted molar refractivity (Wildman–Crippen MR) is 91.1 cm³/mol. The molecule has 1 N–H and O–H groups in total. The van der Waals surface area contributed by atoms with Crippen LogP contribution in [0.4, 0.5) is 0 Å². The number of hydrogen-bond acceptors (Lipinski definition) is 4. The fourth-order valence-electron chi connectivity index (χ4n) is 2.62. The first-order valence-corrected chi connectivity index (χ1v) is 10.4. The van der Waals surface area contributed by atoms with E-state index >= 15 is 0 Å². The van der Waals surface area contributed by atoms with Crippen LogP contribution >= 0.6 is 0 Å².